The number of carbonyl (C=O) groups is 3. The Morgan fingerprint density at radius 1 is 1.08 bits per heavy atom. The number of benzene rings is 3. The maximum absolute atomic E-state index is 16.3. The number of aliphatic hydroxyl groups excluding tert-OH is 1. The van der Waals surface area contributed by atoms with Crippen LogP contribution < -0.4 is 15.5 Å². The summed E-state index contributed by atoms with van der Waals surface area (Å²) >= 11 is 0. The second-order valence-corrected chi connectivity index (χ2v) is 17.5. The van der Waals surface area contributed by atoms with Gasteiger partial charge in [-0.1, -0.05) is 67.6 Å². The summed E-state index contributed by atoms with van der Waals surface area (Å²) in [4.78, 5) is 44.5. The lowest BCUT2D eigenvalue weighted by Crippen LogP contribution is -2.45. The van der Waals surface area contributed by atoms with E-state index >= 15 is 4.11 Å². The summed E-state index contributed by atoms with van der Waals surface area (Å²) in [7, 11) is -3.48. The second-order valence-electron chi connectivity index (χ2n) is 13.7. The Balaban J connectivity index is 1.27. The smallest absolute Gasteiger partial charge is 0.264 e. The summed E-state index contributed by atoms with van der Waals surface area (Å²) in [5.41, 5.74) is 1.67. The summed E-state index contributed by atoms with van der Waals surface area (Å²) < 4.78 is 23.1. The largest absolute Gasteiger partial charge is 0.395 e. The van der Waals surface area contributed by atoms with E-state index in [1.165, 1.54) is 0 Å². The van der Waals surface area contributed by atoms with Crippen LogP contribution >= 0.6 is 0 Å². The Morgan fingerprint density at radius 3 is 2.52 bits per heavy atom. The summed E-state index contributed by atoms with van der Waals surface area (Å²) in [5, 5.41) is 16.0. The van der Waals surface area contributed by atoms with Gasteiger partial charge in [-0.25, -0.2) is 0 Å². The van der Waals surface area contributed by atoms with Crippen LogP contribution in [0.25, 0.3) is 0 Å². The fourth-order valence-corrected chi connectivity index (χ4v) is 10.4. The number of ether oxygens (including phenoxy) is 1. The molecule has 2 saturated heterocycles. The monoisotopic (exact) mass is 672 g/mol. The number of para-hydroxylation sites is 1. The number of halogens is 1. The first-order valence-corrected chi connectivity index (χ1v) is 19.8. The van der Waals surface area contributed by atoms with Crippen LogP contribution in [0.2, 0.25) is 18.6 Å². The zero-order valence-electron chi connectivity index (χ0n) is 27.8. The van der Waals surface area contributed by atoms with Crippen molar-refractivity contribution in [3.05, 3.63) is 95.6 Å². The average molecular weight is 673 g/mol. The highest BCUT2D eigenvalue weighted by atomic mass is 28.4. The van der Waals surface area contributed by atoms with Gasteiger partial charge in [-0.05, 0) is 61.8 Å². The summed E-state index contributed by atoms with van der Waals surface area (Å²) in [6, 6.07) is 24.2. The molecule has 3 aromatic rings. The third-order valence-corrected chi connectivity index (χ3v) is 12.6. The molecule has 0 bridgehead atoms. The molecule has 5 atom stereocenters. The Bertz CT molecular complexity index is 1650. The fourth-order valence-electron chi connectivity index (χ4n) is 7.94. The van der Waals surface area contributed by atoms with Gasteiger partial charge in [-0.15, -0.1) is 0 Å². The number of hydrogen-bond donors (Lipinski definition) is 3. The van der Waals surface area contributed by atoms with Crippen molar-refractivity contribution in [2.45, 2.75) is 75.7 Å². The molecule has 48 heavy (non-hydrogen) atoms. The van der Waals surface area contributed by atoms with Crippen LogP contribution in [0.1, 0.15) is 42.9 Å². The van der Waals surface area contributed by atoms with Gasteiger partial charge in [-0.2, -0.15) is 0 Å². The van der Waals surface area contributed by atoms with Gasteiger partial charge in [0.1, 0.15) is 0 Å². The van der Waals surface area contributed by atoms with Gasteiger partial charge >= 0.3 is 0 Å². The Labute approximate surface area is 282 Å². The van der Waals surface area contributed by atoms with E-state index in [2.05, 4.69) is 10.6 Å². The second kappa shape index (κ2) is 13.9. The van der Waals surface area contributed by atoms with Crippen molar-refractivity contribution in [3.8, 4) is 0 Å². The molecule has 11 heteroatoms. The van der Waals surface area contributed by atoms with Gasteiger partial charge in [-0.3, -0.25) is 14.4 Å². The Morgan fingerprint density at radius 2 is 1.81 bits per heavy atom. The van der Waals surface area contributed by atoms with Crippen LogP contribution in [0.3, 0.4) is 0 Å². The first-order chi connectivity index (χ1) is 23.0. The normalized spacial score (nSPS) is 25.0. The molecule has 9 nitrogen and oxygen atoms in total. The van der Waals surface area contributed by atoms with E-state index in [-0.39, 0.29) is 49.9 Å². The molecule has 0 radical (unpaired) electrons. The van der Waals surface area contributed by atoms with Gasteiger partial charge in [0.2, 0.25) is 20.2 Å². The highest BCUT2D eigenvalue weighted by Crippen LogP contribution is 2.60. The minimum absolute atomic E-state index is 0.0784. The summed E-state index contributed by atoms with van der Waals surface area (Å²) in [5.74, 6) is -1.15. The molecule has 0 aromatic heterocycles. The fraction of sp³-hybridized carbons (Fsp3) is 0.432. The highest BCUT2D eigenvalue weighted by molar-refractivity contribution is 6.72. The van der Waals surface area contributed by atoms with Gasteiger partial charge in [0.15, 0.2) is 5.60 Å². The number of amides is 3. The van der Waals surface area contributed by atoms with Gasteiger partial charge < -0.3 is 34.4 Å². The third kappa shape index (κ3) is 6.56. The van der Waals surface area contributed by atoms with E-state index in [0.29, 0.717) is 23.5 Å². The molecule has 0 aliphatic carbocycles. The number of rotatable bonds is 11. The predicted octanol–water partition coefficient (Wildman–Crippen LogP) is 5.11. The van der Waals surface area contributed by atoms with Crippen molar-refractivity contribution in [1.29, 1.82) is 0 Å². The zero-order valence-corrected chi connectivity index (χ0v) is 28.8. The van der Waals surface area contributed by atoms with Crippen molar-refractivity contribution in [1.82, 2.24) is 10.2 Å². The van der Waals surface area contributed by atoms with Gasteiger partial charge in [0, 0.05) is 35.8 Å². The molecule has 3 aromatic carbocycles. The predicted molar refractivity (Wildman–Crippen MR) is 185 cm³/mol. The van der Waals surface area contributed by atoms with Gasteiger partial charge in [0.25, 0.3) is 5.91 Å². The quantitative estimate of drug-likeness (QED) is 0.193. The summed E-state index contributed by atoms with van der Waals surface area (Å²) in [6.45, 7) is 6.40. The number of hydrogen-bond acceptors (Lipinski definition) is 6. The molecule has 3 aliphatic rings. The van der Waals surface area contributed by atoms with Crippen molar-refractivity contribution < 1.29 is 28.3 Å². The number of anilines is 2. The molecule has 1 spiro atoms. The maximum Gasteiger partial charge on any atom is 0.264 e. The topological polar surface area (TPSA) is 111 Å². The molecule has 3 aliphatic heterocycles. The van der Waals surface area contributed by atoms with Crippen LogP contribution in [0.5, 0.6) is 0 Å². The minimum atomic E-state index is -3.48. The van der Waals surface area contributed by atoms with Crippen molar-refractivity contribution in [3.63, 3.8) is 0 Å². The van der Waals surface area contributed by atoms with Crippen LogP contribution in [0.15, 0.2) is 78.9 Å². The van der Waals surface area contributed by atoms with E-state index in [0.717, 1.165) is 30.5 Å². The number of carbonyl (C=O) groups excluding carboxylic acids is 3. The lowest BCUT2D eigenvalue weighted by Gasteiger charge is -2.31. The Kier molecular flexibility index (Phi) is 9.85. The molecular weight excluding hydrogens is 628 g/mol. The number of aliphatic hydroxyl groups is 1. The molecule has 3 N–H and O–H groups in total. The van der Waals surface area contributed by atoms with E-state index in [1.807, 2.05) is 85.8 Å². The van der Waals surface area contributed by atoms with Crippen LogP contribution in [0, 0.1) is 5.92 Å². The molecule has 6 rings (SSSR count). The molecule has 3 heterocycles. The summed E-state index contributed by atoms with van der Waals surface area (Å²) in [6.07, 6.45) is 0.833. The average Bonchev–Trinajstić information content (AvgIpc) is 3.76. The lowest BCUT2D eigenvalue weighted by atomic mass is 9.82. The standard InChI is InChI=1S/C37H45FN4O5Si/c1-25-34(48(2,3)38)32(22-33(44)41(19-20-43)23-26-11-5-4-6-12-26)47-37(25)29-15-7-8-17-31(29)42(36(37)46)24-27-13-9-14-28(21-27)40-35(45)30-16-10-18-39-30/h4-9,11-15,17,21,25,30,32,34,39,43H,10,16,18-20,22-24H2,1-3H3,(H,40,45)/t25-,30+,32+,34-,37+/m0/s1. The van der Waals surface area contributed by atoms with Crippen molar-refractivity contribution in [2.75, 3.05) is 29.9 Å². The molecule has 0 saturated carbocycles. The van der Waals surface area contributed by atoms with E-state index in [4.69, 9.17) is 4.74 Å². The third-order valence-electron chi connectivity index (χ3n) is 10.1. The molecule has 3 amide bonds. The van der Waals surface area contributed by atoms with Crippen molar-refractivity contribution in [2.24, 2.45) is 5.92 Å². The van der Waals surface area contributed by atoms with Crippen molar-refractivity contribution >= 4 is 37.5 Å². The van der Waals surface area contributed by atoms with E-state index in [9.17, 15) is 19.5 Å². The Hall–Kier alpha value is -3.90. The van der Waals surface area contributed by atoms with E-state index < -0.39 is 31.6 Å². The zero-order chi connectivity index (χ0) is 34.1. The minimum Gasteiger partial charge on any atom is -0.395 e. The molecule has 0 unspecified atom stereocenters. The molecule has 254 valence electrons. The van der Waals surface area contributed by atoms with Crippen LogP contribution in [-0.4, -0.2) is 68.0 Å². The highest BCUT2D eigenvalue weighted by Gasteiger charge is 2.67. The first kappa shape index (κ1) is 34.0. The van der Waals surface area contributed by atoms with Gasteiger partial charge in [0.05, 0.1) is 37.4 Å². The number of fused-ring (bicyclic) bond motifs is 2. The van der Waals surface area contributed by atoms with Crippen LogP contribution in [0.4, 0.5) is 15.5 Å². The lowest BCUT2D eigenvalue weighted by molar-refractivity contribution is -0.150. The maximum atomic E-state index is 16.3. The SMILES string of the molecule is C[C@H]1[C@H]([Si](C)(C)F)[C@@H](CC(=O)N(CCO)Cc2ccccc2)O[C@]12C(=O)N(Cc1cccc(NC(=O)[C@H]3CCCN3)c1)c1ccccc12. The van der Waals surface area contributed by atoms with Crippen LogP contribution in [-0.2, 0) is 37.8 Å². The number of nitrogens with zero attached hydrogens (tertiary/aromatic N) is 2. The molecular formula is C37H45FN4O5Si. The molecule has 2 fully saturated rings. The van der Waals surface area contributed by atoms with E-state index in [1.54, 1.807) is 22.9 Å². The number of nitrogens with one attached hydrogen (secondary N) is 2. The first-order valence-electron chi connectivity index (χ1n) is 16.9.